The summed E-state index contributed by atoms with van der Waals surface area (Å²) in [7, 11) is 0. The zero-order valence-corrected chi connectivity index (χ0v) is 12.9. The van der Waals surface area contributed by atoms with Gasteiger partial charge in [-0.05, 0) is 68.2 Å². The maximum atomic E-state index is 4.71. The first-order valence-corrected chi connectivity index (χ1v) is 8.40. The van der Waals surface area contributed by atoms with E-state index in [0.717, 1.165) is 30.2 Å². The molecule has 110 valence electrons. The van der Waals surface area contributed by atoms with E-state index in [1.807, 2.05) is 6.20 Å². The Hall–Kier alpha value is -0.890. The van der Waals surface area contributed by atoms with Gasteiger partial charge in [-0.25, -0.2) is 0 Å². The molecule has 0 bridgehead atoms. The minimum absolute atomic E-state index is 0.736. The third-order valence-corrected chi connectivity index (χ3v) is 5.20. The van der Waals surface area contributed by atoms with Gasteiger partial charge in [0.1, 0.15) is 0 Å². The van der Waals surface area contributed by atoms with Gasteiger partial charge < -0.3 is 5.32 Å². The normalized spacial score (nSPS) is 29.1. The predicted molar refractivity (Wildman–Crippen MR) is 83.8 cm³/mol. The van der Waals surface area contributed by atoms with Gasteiger partial charge in [0.25, 0.3) is 0 Å². The Morgan fingerprint density at radius 3 is 3.05 bits per heavy atom. The average Bonchev–Trinajstić information content (AvgIpc) is 3.04. The first-order valence-electron chi connectivity index (χ1n) is 8.40. The van der Waals surface area contributed by atoms with Crippen molar-refractivity contribution in [3.63, 3.8) is 0 Å². The minimum atomic E-state index is 0.736. The smallest absolute Gasteiger partial charge is 0.0469 e. The summed E-state index contributed by atoms with van der Waals surface area (Å²) in [5, 5.41) is 3.68. The number of pyridine rings is 1. The van der Waals surface area contributed by atoms with Crippen molar-refractivity contribution in [2.75, 3.05) is 13.1 Å². The van der Waals surface area contributed by atoms with E-state index >= 15 is 0 Å². The number of hydrogen-bond acceptors (Lipinski definition) is 2. The molecule has 1 heterocycles. The van der Waals surface area contributed by atoms with Crippen LogP contribution in [0, 0.1) is 17.8 Å². The van der Waals surface area contributed by atoms with Gasteiger partial charge in [-0.15, -0.1) is 0 Å². The first kappa shape index (κ1) is 14.1. The standard InChI is InChI=1S/C18H28N2/c1-13(2)11-19-12-15-5-3-7-16(15)17-9-8-14-6-4-10-20-18(14)17/h4,6,10,13,15-17,19H,3,5,7-9,11-12H2,1-2H3. The van der Waals surface area contributed by atoms with Gasteiger partial charge in [-0.1, -0.05) is 26.3 Å². The molecular formula is C18H28N2. The average molecular weight is 272 g/mol. The molecule has 0 amide bonds. The molecule has 3 atom stereocenters. The van der Waals surface area contributed by atoms with Crippen molar-refractivity contribution in [1.29, 1.82) is 0 Å². The number of hydrogen-bond donors (Lipinski definition) is 1. The van der Waals surface area contributed by atoms with Crippen LogP contribution in [0.4, 0.5) is 0 Å². The lowest BCUT2D eigenvalue weighted by Gasteiger charge is -2.26. The number of fused-ring (bicyclic) bond motifs is 1. The van der Waals surface area contributed by atoms with Crippen LogP contribution in [0.2, 0.25) is 0 Å². The van der Waals surface area contributed by atoms with Gasteiger partial charge in [0, 0.05) is 17.8 Å². The lowest BCUT2D eigenvalue weighted by Crippen LogP contribution is -2.30. The van der Waals surface area contributed by atoms with Gasteiger partial charge in [0.2, 0.25) is 0 Å². The van der Waals surface area contributed by atoms with E-state index in [0.29, 0.717) is 0 Å². The molecular weight excluding hydrogens is 244 g/mol. The number of aryl methyl sites for hydroxylation is 1. The van der Waals surface area contributed by atoms with Crippen molar-refractivity contribution in [2.24, 2.45) is 17.8 Å². The number of nitrogens with one attached hydrogen (secondary N) is 1. The summed E-state index contributed by atoms with van der Waals surface area (Å²) in [5.74, 6) is 3.22. The van der Waals surface area contributed by atoms with E-state index in [1.54, 1.807) is 0 Å². The molecule has 1 aromatic heterocycles. The fourth-order valence-corrected chi connectivity index (χ4v) is 4.27. The molecule has 0 aromatic carbocycles. The van der Waals surface area contributed by atoms with Gasteiger partial charge in [0.05, 0.1) is 0 Å². The van der Waals surface area contributed by atoms with Crippen molar-refractivity contribution in [2.45, 2.75) is 51.9 Å². The molecule has 1 fully saturated rings. The molecule has 1 aromatic rings. The van der Waals surface area contributed by atoms with Crippen LogP contribution < -0.4 is 5.32 Å². The van der Waals surface area contributed by atoms with E-state index in [1.165, 1.54) is 49.9 Å². The van der Waals surface area contributed by atoms with Crippen molar-refractivity contribution < 1.29 is 0 Å². The summed E-state index contributed by atoms with van der Waals surface area (Å²) in [6.45, 7) is 6.94. The zero-order valence-electron chi connectivity index (χ0n) is 12.9. The molecule has 3 rings (SSSR count). The summed E-state index contributed by atoms with van der Waals surface area (Å²) < 4.78 is 0. The van der Waals surface area contributed by atoms with Crippen LogP contribution in [-0.4, -0.2) is 18.1 Å². The Bertz CT molecular complexity index is 441. The Kier molecular flexibility index (Phi) is 4.40. The Morgan fingerprint density at radius 1 is 1.30 bits per heavy atom. The van der Waals surface area contributed by atoms with Crippen molar-refractivity contribution in [3.05, 3.63) is 29.6 Å². The molecule has 3 unspecified atom stereocenters. The van der Waals surface area contributed by atoms with E-state index in [4.69, 9.17) is 4.98 Å². The summed E-state index contributed by atoms with van der Waals surface area (Å²) in [6, 6.07) is 4.38. The van der Waals surface area contributed by atoms with E-state index < -0.39 is 0 Å². The van der Waals surface area contributed by atoms with Crippen LogP contribution in [0.15, 0.2) is 18.3 Å². The number of rotatable bonds is 5. The Morgan fingerprint density at radius 2 is 2.20 bits per heavy atom. The molecule has 20 heavy (non-hydrogen) atoms. The van der Waals surface area contributed by atoms with Crippen LogP contribution in [0.5, 0.6) is 0 Å². The zero-order chi connectivity index (χ0) is 13.9. The highest BCUT2D eigenvalue weighted by Crippen LogP contribution is 2.46. The maximum Gasteiger partial charge on any atom is 0.0469 e. The fourth-order valence-electron chi connectivity index (χ4n) is 4.27. The third kappa shape index (κ3) is 2.90. The van der Waals surface area contributed by atoms with E-state index in [2.05, 4.69) is 31.3 Å². The molecule has 2 aliphatic rings. The van der Waals surface area contributed by atoms with Gasteiger partial charge in [-0.3, -0.25) is 4.98 Å². The second kappa shape index (κ2) is 6.26. The summed E-state index contributed by atoms with van der Waals surface area (Å²) >= 11 is 0. The first-order chi connectivity index (χ1) is 9.75. The predicted octanol–water partition coefficient (Wildman–Crippen LogP) is 3.77. The lowest BCUT2D eigenvalue weighted by atomic mass is 9.82. The summed E-state index contributed by atoms with van der Waals surface area (Å²) in [4.78, 5) is 4.71. The number of aromatic nitrogens is 1. The largest absolute Gasteiger partial charge is 0.316 e. The third-order valence-electron chi connectivity index (χ3n) is 5.20. The highest BCUT2D eigenvalue weighted by atomic mass is 14.9. The lowest BCUT2D eigenvalue weighted by molar-refractivity contribution is 0.304. The van der Waals surface area contributed by atoms with Gasteiger partial charge >= 0.3 is 0 Å². The molecule has 0 saturated heterocycles. The molecule has 2 aliphatic carbocycles. The van der Waals surface area contributed by atoms with Crippen LogP contribution in [0.25, 0.3) is 0 Å². The fraction of sp³-hybridized carbons (Fsp3) is 0.722. The molecule has 1 saturated carbocycles. The summed E-state index contributed by atoms with van der Waals surface area (Å²) in [6.07, 6.45) is 8.80. The molecule has 2 nitrogen and oxygen atoms in total. The maximum absolute atomic E-state index is 4.71. The SMILES string of the molecule is CC(C)CNCC1CCCC1C1CCc2cccnc21. The molecule has 1 N–H and O–H groups in total. The molecule has 0 aliphatic heterocycles. The monoisotopic (exact) mass is 272 g/mol. The molecule has 2 heteroatoms. The van der Waals surface area contributed by atoms with Crippen molar-refractivity contribution in [3.8, 4) is 0 Å². The molecule has 0 radical (unpaired) electrons. The highest BCUT2D eigenvalue weighted by molar-refractivity contribution is 5.29. The summed E-state index contributed by atoms with van der Waals surface area (Å²) in [5.41, 5.74) is 2.94. The number of nitrogens with zero attached hydrogens (tertiary/aromatic N) is 1. The Balaban J connectivity index is 1.64. The Labute approximate surface area is 123 Å². The van der Waals surface area contributed by atoms with Gasteiger partial charge in [0.15, 0.2) is 0 Å². The topological polar surface area (TPSA) is 24.9 Å². The van der Waals surface area contributed by atoms with Crippen LogP contribution >= 0.6 is 0 Å². The quantitative estimate of drug-likeness (QED) is 0.882. The van der Waals surface area contributed by atoms with Crippen molar-refractivity contribution in [1.82, 2.24) is 10.3 Å². The van der Waals surface area contributed by atoms with Crippen LogP contribution in [-0.2, 0) is 6.42 Å². The van der Waals surface area contributed by atoms with Crippen LogP contribution in [0.1, 0.15) is 56.7 Å². The van der Waals surface area contributed by atoms with Crippen molar-refractivity contribution >= 4 is 0 Å². The molecule has 0 spiro atoms. The van der Waals surface area contributed by atoms with Gasteiger partial charge in [-0.2, -0.15) is 0 Å². The highest BCUT2D eigenvalue weighted by Gasteiger charge is 2.37. The second-order valence-electron chi connectivity index (χ2n) is 7.10. The van der Waals surface area contributed by atoms with E-state index in [-0.39, 0.29) is 0 Å². The minimum Gasteiger partial charge on any atom is -0.316 e. The van der Waals surface area contributed by atoms with E-state index in [9.17, 15) is 0 Å². The second-order valence-corrected chi connectivity index (χ2v) is 7.10. The van der Waals surface area contributed by atoms with Crippen LogP contribution in [0.3, 0.4) is 0 Å².